The summed E-state index contributed by atoms with van der Waals surface area (Å²) < 4.78 is 0. The molecule has 0 aliphatic rings. The minimum atomic E-state index is 0.643. The van der Waals surface area contributed by atoms with Crippen LogP contribution in [0.3, 0.4) is 0 Å². The Hall–Kier alpha value is -4.92. The number of unbranched alkanes of at least 4 members (excludes halogenated alkanes) is 1. The number of nitrogens with one attached hydrogen (secondary N) is 3. The molecule has 9 heteroatoms. The summed E-state index contributed by atoms with van der Waals surface area (Å²) in [7, 11) is 0. The maximum absolute atomic E-state index is 4.88. The molecule has 6 heterocycles. The molecule has 6 aromatic rings. The second-order valence-corrected chi connectivity index (χ2v) is 8.87. The summed E-state index contributed by atoms with van der Waals surface area (Å²) >= 11 is 0. The first-order valence-corrected chi connectivity index (χ1v) is 12.2. The van der Waals surface area contributed by atoms with Gasteiger partial charge in [-0.1, -0.05) is 26.0 Å². The van der Waals surface area contributed by atoms with Crippen LogP contribution in [-0.4, -0.2) is 40.1 Å². The van der Waals surface area contributed by atoms with Crippen molar-refractivity contribution in [2.24, 2.45) is 0 Å². The summed E-state index contributed by atoms with van der Waals surface area (Å²) in [6, 6.07) is 9.82. The van der Waals surface area contributed by atoms with Crippen LogP contribution in [0.25, 0.3) is 56.0 Å². The highest BCUT2D eigenvalue weighted by Gasteiger charge is 2.17. The molecule has 0 fully saturated rings. The predicted molar refractivity (Wildman–Crippen MR) is 146 cm³/mol. The average molecular weight is 488 g/mol. The van der Waals surface area contributed by atoms with E-state index in [2.05, 4.69) is 53.9 Å². The van der Waals surface area contributed by atoms with E-state index < -0.39 is 0 Å². The Balaban J connectivity index is 1.37. The number of aromatic nitrogens is 8. The van der Waals surface area contributed by atoms with Crippen LogP contribution < -0.4 is 5.32 Å². The molecule has 9 nitrogen and oxygen atoms in total. The molecule has 0 aromatic carbocycles. The second kappa shape index (κ2) is 9.62. The number of pyridine rings is 4. The van der Waals surface area contributed by atoms with Crippen molar-refractivity contribution in [2.75, 3.05) is 5.32 Å². The molecule has 0 unspecified atom stereocenters. The number of hydrogen-bond acceptors (Lipinski definition) is 7. The first-order chi connectivity index (χ1) is 18.2. The Kier molecular flexibility index (Phi) is 5.86. The fourth-order valence-corrected chi connectivity index (χ4v) is 4.31. The Bertz CT molecular complexity index is 1720. The van der Waals surface area contributed by atoms with Crippen molar-refractivity contribution in [3.63, 3.8) is 0 Å². The highest BCUT2D eigenvalue weighted by molar-refractivity contribution is 5.97. The molecule has 0 radical (unpaired) electrons. The van der Waals surface area contributed by atoms with Crippen LogP contribution >= 0.6 is 0 Å². The highest BCUT2D eigenvalue weighted by atomic mass is 15.1. The summed E-state index contributed by atoms with van der Waals surface area (Å²) in [5.74, 6) is 0.643. The fourth-order valence-electron chi connectivity index (χ4n) is 4.31. The number of anilines is 1. The summed E-state index contributed by atoms with van der Waals surface area (Å²) in [6.45, 7) is 6.30. The zero-order valence-corrected chi connectivity index (χ0v) is 20.4. The van der Waals surface area contributed by atoms with Crippen molar-refractivity contribution < 1.29 is 0 Å². The Morgan fingerprint density at radius 2 is 1.89 bits per heavy atom. The summed E-state index contributed by atoms with van der Waals surface area (Å²) in [5, 5.41) is 11.9. The molecular weight excluding hydrogens is 462 g/mol. The molecule has 37 heavy (non-hydrogen) atoms. The van der Waals surface area contributed by atoms with Crippen LogP contribution in [-0.2, 0) is 0 Å². The van der Waals surface area contributed by atoms with Gasteiger partial charge in [0.25, 0.3) is 0 Å². The number of allylic oxidation sites excluding steroid dienone is 1. The number of aromatic amines is 2. The van der Waals surface area contributed by atoms with Crippen LogP contribution in [0.15, 0.2) is 79.8 Å². The molecule has 0 aliphatic carbocycles. The number of imidazole rings is 1. The number of fused-ring (bicyclic) bond motifs is 2. The lowest BCUT2D eigenvalue weighted by atomic mass is 10.1. The van der Waals surface area contributed by atoms with E-state index in [1.807, 2.05) is 30.3 Å². The van der Waals surface area contributed by atoms with E-state index >= 15 is 0 Å². The van der Waals surface area contributed by atoms with Gasteiger partial charge in [-0.25, -0.2) is 4.98 Å². The largest absolute Gasteiger partial charge is 0.358 e. The average Bonchev–Trinajstić information content (AvgIpc) is 3.56. The molecule has 0 saturated heterocycles. The fraction of sp³-hybridized carbons (Fsp3) is 0.143. The van der Waals surface area contributed by atoms with Crippen LogP contribution in [0.1, 0.15) is 26.2 Å². The maximum Gasteiger partial charge on any atom is 0.159 e. The SMILES string of the molecule is C=C(CCCC)Nc1cncc(-c2cc3c(-c4nc5c(-c6ccccn6)cncc5[nH]4)n[nH]c3cn2)c1. The van der Waals surface area contributed by atoms with Gasteiger partial charge in [-0.3, -0.25) is 25.0 Å². The molecule has 3 N–H and O–H groups in total. The molecular formula is C28H25N9. The van der Waals surface area contributed by atoms with E-state index in [4.69, 9.17) is 4.98 Å². The maximum atomic E-state index is 4.88. The van der Waals surface area contributed by atoms with Crippen molar-refractivity contribution in [1.29, 1.82) is 0 Å². The quantitative estimate of drug-likeness (QED) is 0.236. The van der Waals surface area contributed by atoms with Gasteiger partial charge >= 0.3 is 0 Å². The van der Waals surface area contributed by atoms with Gasteiger partial charge < -0.3 is 10.3 Å². The van der Waals surface area contributed by atoms with Crippen molar-refractivity contribution >= 4 is 27.6 Å². The van der Waals surface area contributed by atoms with Gasteiger partial charge in [0, 0.05) is 40.8 Å². The Morgan fingerprint density at radius 1 is 0.973 bits per heavy atom. The number of hydrogen-bond donors (Lipinski definition) is 3. The van der Waals surface area contributed by atoms with Crippen molar-refractivity contribution in [2.45, 2.75) is 26.2 Å². The van der Waals surface area contributed by atoms with Crippen LogP contribution in [0.4, 0.5) is 5.69 Å². The van der Waals surface area contributed by atoms with Crippen molar-refractivity contribution in [3.05, 3.63) is 79.8 Å². The Morgan fingerprint density at radius 3 is 2.76 bits per heavy atom. The van der Waals surface area contributed by atoms with Gasteiger partial charge in [0.15, 0.2) is 5.82 Å². The monoisotopic (exact) mass is 487 g/mol. The van der Waals surface area contributed by atoms with Crippen molar-refractivity contribution in [1.82, 2.24) is 40.1 Å². The molecule has 6 aromatic heterocycles. The molecule has 0 bridgehead atoms. The zero-order valence-electron chi connectivity index (χ0n) is 20.4. The lowest BCUT2D eigenvalue weighted by Gasteiger charge is -2.10. The minimum absolute atomic E-state index is 0.643. The molecule has 0 saturated carbocycles. The third-order valence-corrected chi connectivity index (χ3v) is 6.19. The molecule has 0 amide bonds. The van der Waals surface area contributed by atoms with Gasteiger partial charge in [-0.2, -0.15) is 5.10 Å². The van der Waals surface area contributed by atoms with E-state index in [1.54, 1.807) is 37.2 Å². The minimum Gasteiger partial charge on any atom is -0.358 e. The summed E-state index contributed by atoms with van der Waals surface area (Å²) in [6.07, 6.45) is 13.8. The predicted octanol–water partition coefficient (Wildman–Crippen LogP) is 6.14. The van der Waals surface area contributed by atoms with Crippen LogP contribution in [0.5, 0.6) is 0 Å². The van der Waals surface area contributed by atoms with Crippen LogP contribution in [0, 0.1) is 0 Å². The summed E-state index contributed by atoms with van der Waals surface area (Å²) in [5.41, 5.74) is 8.36. The van der Waals surface area contributed by atoms with E-state index in [0.717, 1.165) is 75.1 Å². The number of H-pyrrole nitrogens is 2. The third kappa shape index (κ3) is 4.42. The lowest BCUT2D eigenvalue weighted by Crippen LogP contribution is -1.99. The molecule has 0 spiro atoms. The number of rotatable bonds is 8. The van der Waals surface area contributed by atoms with E-state index in [1.165, 1.54) is 0 Å². The first kappa shape index (κ1) is 22.5. The number of nitrogens with zero attached hydrogens (tertiary/aromatic N) is 6. The topological polar surface area (TPSA) is 121 Å². The van der Waals surface area contributed by atoms with E-state index in [-0.39, 0.29) is 0 Å². The normalized spacial score (nSPS) is 11.3. The standard InChI is InChI=1S/C28H25N9/c1-3-4-7-17(2)33-19-10-18(12-29-13-19)23-11-20-24(16-32-23)36-37-27(20)28-34-25-15-30-14-21(26(25)35-28)22-8-5-6-9-31-22/h5-6,8-16,33H,2-4,7H2,1H3,(H,34,35)(H,36,37). The van der Waals surface area contributed by atoms with Crippen LogP contribution in [0.2, 0.25) is 0 Å². The smallest absolute Gasteiger partial charge is 0.159 e. The first-order valence-electron chi connectivity index (χ1n) is 12.2. The lowest BCUT2D eigenvalue weighted by molar-refractivity contribution is 0.791. The highest BCUT2D eigenvalue weighted by Crippen LogP contribution is 2.31. The van der Waals surface area contributed by atoms with Gasteiger partial charge in [0.05, 0.1) is 46.7 Å². The van der Waals surface area contributed by atoms with Crippen molar-refractivity contribution in [3.8, 4) is 34.0 Å². The molecule has 0 atom stereocenters. The third-order valence-electron chi connectivity index (χ3n) is 6.19. The van der Waals surface area contributed by atoms with Gasteiger partial charge in [0.1, 0.15) is 11.2 Å². The zero-order chi connectivity index (χ0) is 25.2. The van der Waals surface area contributed by atoms with Gasteiger partial charge in [0.2, 0.25) is 0 Å². The van der Waals surface area contributed by atoms with E-state index in [9.17, 15) is 0 Å². The summed E-state index contributed by atoms with van der Waals surface area (Å²) in [4.78, 5) is 26.1. The molecule has 0 aliphatic heterocycles. The second-order valence-electron chi connectivity index (χ2n) is 8.87. The molecule has 182 valence electrons. The Labute approximate surface area is 213 Å². The van der Waals surface area contributed by atoms with Gasteiger partial charge in [-0.15, -0.1) is 0 Å². The van der Waals surface area contributed by atoms with E-state index in [0.29, 0.717) is 11.5 Å². The molecule has 6 rings (SSSR count). The van der Waals surface area contributed by atoms with Gasteiger partial charge in [-0.05, 0) is 37.1 Å².